The molecule has 31 heavy (non-hydrogen) atoms. The molecule has 0 fully saturated rings. The van der Waals surface area contributed by atoms with Gasteiger partial charge in [0.15, 0.2) is 0 Å². The fourth-order valence-electron chi connectivity index (χ4n) is 4.83. The van der Waals surface area contributed by atoms with Crippen molar-refractivity contribution in [2.75, 3.05) is 4.90 Å². The average molecular weight is 404 g/mol. The second kappa shape index (κ2) is 7.13. The highest BCUT2D eigenvalue weighted by molar-refractivity contribution is 5.85. The number of benzene rings is 4. The van der Waals surface area contributed by atoms with E-state index in [1.54, 1.807) is 0 Å². The van der Waals surface area contributed by atoms with E-state index >= 15 is 0 Å². The topological polar surface area (TPSA) is 3.24 Å². The van der Waals surface area contributed by atoms with Crippen molar-refractivity contribution >= 4 is 17.1 Å². The van der Waals surface area contributed by atoms with Crippen molar-refractivity contribution in [2.45, 2.75) is 40.0 Å². The van der Waals surface area contributed by atoms with E-state index in [1.807, 2.05) is 0 Å². The summed E-state index contributed by atoms with van der Waals surface area (Å²) in [6, 6.07) is 31.5. The van der Waals surface area contributed by atoms with Crippen LogP contribution in [0.4, 0.5) is 17.1 Å². The van der Waals surface area contributed by atoms with Crippen LogP contribution in [0.2, 0.25) is 0 Å². The van der Waals surface area contributed by atoms with E-state index in [-0.39, 0.29) is 5.41 Å². The van der Waals surface area contributed by atoms with Crippen LogP contribution < -0.4 is 4.90 Å². The first-order valence-corrected chi connectivity index (χ1v) is 11.0. The Hall–Kier alpha value is -3.32. The van der Waals surface area contributed by atoms with Crippen LogP contribution in [0, 0.1) is 20.8 Å². The normalized spacial score (nSPS) is 13.6. The van der Waals surface area contributed by atoms with Crippen molar-refractivity contribution in [1.82, 2.24) is 0 Å². The summed E-state index contributed by atoms with van der Waals surface area (Å²) in [5.74, 6) is 0. The monoisotopic (exact) mass is 403 g/mol. The molecule has 0 aliphatic heterocycles. The Bertz CT molecular complexity index is 1220. The van der Waals surface area contributed by atoms with E-state index in [4.69, 9.17) is 0 Å². The van der Waals surface area contributed by atoms with Gasteiger partial charge in [-0.05, 0) is 79.4 Å². The number of nitrogens with zero attached hydrogens (tertiary/aromatic N) is 1. The Morgan fingerprint density at radius 3 is 1.58 bits per heavy atom. The van der Waals surface area contributed by atoms with Crippen molar-refractivity contribution in [1.29, 1.82) is 0 Å². The first-order chi connectivity index (χ1) is 14.8. The standard InChI is InChI=1S/C30H29N/c1-20-6-11-23(12-7-20)31(24-13-8-21(2)9-14-24)25-15-16-26-27-18-22(3)10-17-28(27)30(4,5)29(26)19-25/h6-19H,1-5H3. The van der Waals surface area contributed by atoms with E-state index < -0.39 is 0 Å². The summed E-state index contributed by atoms with van der Waals surface area (Å²) in [5, 5.41) is 0. The second-order valence-electron chi connectivity index (χ2n) is 9.41. The molecule has 0 bridgehead atoms. The van der Waals surface area contributed by atoms with Gasteiger partial charge < -0.3 is 4.90 Å². The van der Waals surface area contributed by atoms with Gasteiger partial charge in [-0.1, -0.05) is 79.1 Å². The fourth-order valence-corrected chi connectivity index (χ4v) is 4.83. The molecule has 0 amide bonds. The Balaban J connectivity index is 1.69. The van der Waals surface area contributed by atoms with Gasteiger partial charge in [-0.25, -0.2) is 0 Å². The number of rotatable bonds is 3. The third-order valence-corrected chi connectivity index (χ3v) is 6.66. The Morgan fingerprint density at radius 1 is 0.484 bits per heavy atom. The predicted molar refractivity (Wildman–Crippen MR) is 133 cm³/mol. The molecule has 0 saturated carbocycles. The van der Waals surface area contributed by atoms with Crippen LogP contribution in [0.15, 0.2) is 84.9 Å². The molecule has 0 unspecified atom stereocenters. The molecule has 0 N–H and O–H groups in total. The van der Waals surface area contributed by atoms with Crippen LogP contribution in [0.5, 0.6) is 0 Å². The van der Waals surface area contributed by atoms with Gasteiger partial charge in [0.05, 0.1) is 0 Å². The highest BCUT2D eigenvalue weighted by atomic mass is 15.1. The summed E-state index contributed by atoms with van der Waals surface area (Å²) in [7, 11) is 0. The first-order valence-electron chi connectivity index (χ1n) is 11.0. The first kappa shape index (κ1) is 19.6. The maximum atomic E-state index is 2.39. The Kier molecular flexibility index (Phi) is 4.51. The van der Waals surface area contributed by atoms with Crippen molar-refractivity contribution in [3.63, 3.8) is 0 Å². The predicted octanol–water partition coefficient (Wildman–Crippen LogP) is 8.39. The molecule has 0 heterocycles. The van der Waals surface area contributed by atoms with Crippen LogP contribution in [-0.4, -0.2) is 0 Å². The van der Waals surface area contributed by atoms with E-state index in [0.717, 1.165) is 0 Å². The smallest absolute Gasteiger partial charge is 0.0465 e. The lowest BCUT2D eigenvalue weighted by Gasteiger charge is -2.28. The zero-order chi connectivity index (χ0) is 21.8. The quantitative estimate of drug-likeness (QED) is 0.332. The highest BCUT2D eigenvalue weighted by Gasteiger charge is 2.35. The number of hydrogen-bond acceptors (Lipinski definition) is 1. The van der Waals surface area contributed by atoms with Gasteiger partial charge in [-0.3, -0.25) is 0 Å². The van der Waals surface area contributed by atoms with E-state index in [2.05, 4.69) is 124 Å². The van der Waals surface area contributed by atoms with Gasteiger partial charge in [0.25, 0.3) is 0 Å². The SMILES string of the molecule is Cc1ccc(N(c2ccc(C)cc2)c2ccc3c(c2)C(C)(C)c2ccc(C)cc2-3)cc1. The molecule has 0 atom stereocenters. The van der Waals surface area contributed by atoms with Crippen molar-refractivity contribution in [3.8, 4) is 11.1 Å². The van der Waals surface area contributed by atoms with Crippen molar-refractivity contribution in [3.05, 3.63) is 113 Å². The van der Waals surface area contributed by atoms with Crippen molar-refractivity contribution in [2.24, 2.45) is 0 Å². The molecule has 1 heteroatoms. The third kappa shape index (κ3) is 3.25. The summed E-state index contributed by atoms with van der Waals surface area (Å²) in [6.07, 6.45) is 0. The lowest BCUT2D eigenvalue weighted by atomic mass is 9.82. The Morgan fingerprint density at radius 2 is 1.00 bits per heavy atom. The molecular weight excluding hydrogens is 374 g/mol. The molecule has 4 aromatic rings. The molecule has 0 spiro atoms. The Labute approximate surface area is 186 Å². The second-order valence-corrected chi connectivity index (χ2v) is 9.41. The number of hydrogen-bond donors (Lipinski definition) is 0. The fraction of sp³-hybridized carbons (Fsp3) is 0.200. The van der Waals surface area contributed by atoms with Gasteiger partial charge >= 0.3 is 0 Å². The van der Waals surface area contributed by atoms with E-state index in [0.29, 0.717) is 0 Å². The third-order valence-electron chi connectivity index (χ3n) is 6.66. The summed E-state index contributed by atoms with van der Waals surface area (Å²) in [5.41, 5.74) is 13.0. The van der Waals surface area contributed by atoms with Crippen LogP contribution in [-0.2, 0) is 5.41 Å². The van der Waals surface area contributed by atoms with Gasteiger partial charge in [0.1, 0.15) is 0 Å². The maximum Gasteiger partial charge on any atom is 0.0465 e. The molecule has 1 aliphatic rings. The molecule has 154 valence electrons. The van der Waals surface area contributed by atoms with Gasteiger partial charge in [0, 0.05) is 22.5 Å². The molecule has 1 nitrogen and oxygen atoms in total. The number of anilines is 3. The largest absolute Gasteiger partial charge is 0.310 e. The van der Waals surface area contributed by atoms with Gasteiger partial charge in [-0.2, -0.15) is 0 Å². The zero-order valence-electron chi connectivity index (χ0n) is 19.0. The molecule has 4 aromatic carbocycles. The zero-order valence-corrected chi connectivity index (χ0v) is 19.0. The molecule has 0 saturated heterocycles. The molecule has 0 radical (unpaired) electrons. The van der Waals surface area contributed by atoms with Gasteiger partial charge in [0.2, 0.25) is 0 Å². The molecule has 0 aromatic heterocycles. The van der Waals surface area contributed by atoms with E-state index in [9.17, 15) is 0 Å². The van der Waals surface area contributed by atoms with Crippen LogP contribution in [0.3, 0.4) is 0 Å². The lowest BCUT2D eigenvalue weighted by Crippen LogP contribution is -2.16. The molecule has 1 aliphatic carbocycles. The summed E-state index contributed by atoms with van der Waals surface area (Å²) in [6.45, 7) is 11.1. The number of fused-ring (bicyclic) bond motifs is 3. The molecular formula is C30H29N. The molecule has 5 rings (SSSR count). The minimum Gasteiger partial charge on any atom is -0.310 e. The van der Waals surface area contributed by atoms with Crippen molar-refractivity contribution < 1.29 is 0 Å². The van der Waals surface area contributed by atoms with Crippen LogP contribution in [0.25, 0.3) is 11.1 Å². The maximum absolute atomic E-state index is 2.39. The van der Waals surface area contributed by atoms with Crippen LogP contribution in [0.1, 0.15) is 41.7 Å². The summed E-state index contributed by atoms with van der Waals surface area (Å²) < 4.78 is 0. The lowest BCUT2D eigenvalue weighted by molar-refractivity contribution is 0.660. The highest BCUT2D eigenvalue weighted by Crippen LogP contribution is 2.50. The van der Waals surface area contributed by atoms with Gasteiger partial charge in [-0.15, -0.1) is 0 Å². The summed E-state index contributed by atoms with van der Waals surface area (Å²) in [4.78, 5) is 2.36. The minimum atomic E-state index is -0.0133. The minimum absolute atomic E-state index is 0.0133. The van der Waals surface area contributed by atoms with E-state index in [1.165, 1.54) is 56.0 Å². The average Bonchev–Trinajstić information content (AvgIpc) is 2.97. The summed E-state index contributed by atoms with van der Waals surface area (Å²) >= 11 is 0. The number of aryl methyl sites for hydroxylation is 3. The van der Waals surface area contributed by atoms with Crippen LogP contribution >= 0.6 is 0 Å².